The molecule has 1 N–H and O–H groups in total. The molecular weight excluding hydrogens is 422 g/mol. The molecule has 6 nitrogen and oxygen atoms in total. The van der Waals surface area contributed by atoms with Gasteiger partial charge < -0.3 is 5.32 Å². The molecule has 27 heavy (non-hydrogen) atoms. The van der Waals surface area contributed by atoms with Crippen LogP contribution < -0.4 is 5.32 Å². The second-order valence-electron chi connectivity index (χ2n) is 5.54. The number of amides is 1. The molecule has 4 aromatic rings. The Morgan fingerprint density at radius 1 is 1.30 bits per heavy atom. The van der Waals surface area contributed by atoms with Gasteiger partial charge in [0.05, 0.1) is 12.1 Å². The molecule has 0 radical (unpaired) electrons. The maximum absolute atomic E-state index is 12.4. The predicted octanol–water partition coefficient (Wildman–Crippen LogP) is 4.86. The topological polar surface area (TPSA) is 72.2 Å². The van der Waals surface area contributed by atoms with Gasteiger partial charge in [0.25, 0.3) is 0 Å². The summed E-state index contributed by atoms with van der Waals surface area (Å²) in [6.07, 6.45) is 2.19. The number of thioether (sulfide) groups is 1. The first-order valence-electron chi connectivity index (χ1n) is 8.10. The van der Waals surface area contributed by atoms with E-state index in [1.54, 1.807) is 11.8 Å². The first kappa shape index (κ1) is 18.4. The SMILES string of the molecule is CCSc1nnc(NC(=O)Cc2csc3nc(-c4ccc(Cl)cc4)cn23)s1. The van der Waals surface area contributed by atoms with Gasteiger partial charge in [0.2, 0.25) is 11.0 Å². The lowest BCUT2D eigenvalue weighted by molar-refractivity contribution is -0.115. The van der Waals surface area contributed by atoms with Crippen LogP contribution in [0.2, 0.25) is 5.02 Å². The molecule has 0 atom stereocenters. The zero-order chi connectivity index (χ0) is 18.8. The van der Waals surface area contributed by atoms with Crippen molar-refractivity contribution in [3.8, 4) is 11.3 Å². The van der Waals surface area contributed by atoms with Crippen LogP contribution >= 0.6 is 46.0 Å². The number of fused-ring (bicyclic) bond motifs is 1. The van der Waals surface area contributed by atoms with Crippen LogP contribution in [0, 0.1) is 0 Å². The number of hydrogen-bond acceptors (Lipinski definition) is 7. The summed E-state index contributed by atoms with van der Waals surface area (Å²) >= 11 is 10.4. The smallest absolute Gasteiger partial charge is 0.232 e. The van der Waals surface area contributed by atoms with Crippen LogP contribution in [0.4, 0.5) is 5.13 Å². The number of anilines is 1. The molecule has 10 heteroatoms. The van der Waals surface area contributed by atoms with Crippen LogP contribution in [0.15, 0.2) is 40.2 Å². The van der Waals surface area contributed by atoms with Gasteiger partial charge in [0.15, 0.2) is 9.30 Å². The summed E-state index contributed by atoms with van der Waals surface area (Å²) in [5.74, 6) is 0.798. The van der Waals surface area contributed by atoms with E-state index in [9.17, 15) is 4.79 Å². The van der Waals surface area contributed by atoms with Crippen molar-refractivity contribution in [2.45, 2.75) is 17.7 Å². The van der Waals surface area contributed by atoms with E-state index in [4.69, 9.17) is 11.6 Å². The van der Waals surface area contributed by atoms with E-state index in [0.717, 1.165) is 32.0 Å². The van der Waals surface area contributed by atoms with Gasteiger partial charge in [0, 0.05) is 27.9 Å². The lowest BCUT2D eigenvalue weighted by atomic mass is 10.2. The minimum absolute atomic E-state index is 0.124. The van der Waals surface area contributed by atoms with Crippen molar-refractivity contribution in [3.05, 3.63) is 46.6 Å². The summed E-state index contributed by atoms with van der Waals surface area (Å²) in [6, 6.07) is 7.54. The fraction of sp³-hybridized carbons (Fsp3) is 0.176. The largest absolute Gasteiger partial charge is 0.300 e. The van der Waals surface area contributed by atoms with Crippen LogP contribution in [-0.2, 0) is 11.2 Å². The maximum Gasteiger partial charge on any atom is 0.232 e. The molecule has 0 saturated heterocycles. The number of aromatic nitrogens is 4. The normalized spacial score (nSPS) is 11.2. The minimum Gasteiger partial charge on any atom is -0.300 e. The number of carbonyl (C=O) groups is 1. The van der Waals surface area contributed by atoms with Crippen molar-refractivity contribution in [1.29, 1.82) is 0 Å². The number of halogens is 1. The number of imidazole rings is 1. The molecule has 3 heterocycles. The highest BCUT2D eigenvalue weighted by atomic mass is 35.5. The first-order valence-corrected chi connectivity index (χ1v) is 11.2. The highest BCUT2D eigenvalue weighted by Crippen LogP contribution is 2.27. The zero-order valence-electron chi connectivity index (χ0n) is 14.2. The number of hydrogen-bond donors (Lipinski definition) is 1. The van der Waals surface area contributed by atoms with E-state index in [1.165, 1.54) is 22.7 Å². The predicted molar refractivity (Wildman–Crippen MR) is 112 cm³/mol. The quantitative estimate of drug-likeness (QED) is 0.346. The van der Waals surface area contributed by atoms with Crippen LogP contribution in [-0.4, -0.2) is 31.2 Å². The molecule has 0 unspecified atom stereocenters. The van der Waals surface area contributed by atoms with Crippen molar-refractivity contribution in [2.75, 3.05) is 11.1 Å². The number of carbonyl (C=O) groups excluding carboxylic acids is 1. The zero-order valence-corrected chi connectivity index (χ0v) is 17.4. The highest BCUT2D eigenvalue weighted by molar-refractivity contribution is 8.01. The monoisotopic (exact) mass is 435 g/mol. The van der Waals surface area contributed by atoms with E-state index >= 15 is 0 Å². The van der Waals surface area contributed by atoms with Gasteiger partial charge in [-0.3, -0.25) is 9.20 Å². The average molecular weight is 436 g/mol. The van der Waals surface area contributed by atoms with E-state index in [0.29, 0.717) is 10.2 Å². The number of rotatable bonds is 6. The van der Waals surface area contributed by atoms with E-state index in [-0.39, 0.29) is 12.3 Å². The Morgan fingerprint density at radius 3 is 2.89 bits per heavy atom. The van der Waals surface area contributed by atoms with Crippen molar-refractivity contribution in [1.82, 2.24) is 19.6 Å². The molecule has 0 fully saturated rings. The van der Waals surface area contributed by atoms with Gasteiger partial charge in [-0.1, -0.05) is 53.8 Å². The molecule has 0 saturated carbocycles. The Labute approximate surface area is 172 Å². The summed E-state index contributed by atoms with van der Waals surface area (Å²) in [6.45, 7) is 2.05. The van der Waals surface area contributed by atoms with Gasteiger partial charge >= 0.3 is 0 Å². The lowest BCUT2D eigenvalue weighted by Gasteiger charge is -2.00. The van der Waals surface area contributed by atoms with Crippen LogP contribution in [0.25, 0.3) is 16.2 Å². The summed E-state index contributed by atoms with van der Waals surface area (Å²) in [7, 11) is 0. The fourth-order valence-corrected chi connectivity index (χ4v) is 5.15. The lowest BCUT2D eigenvalue weighted by Crippen LogP contribution is -2.15. The molecule has 0 aliphatic carbocycles. The van der Waals surface area contributed by atoms with Gasteiger partial charge in [-0.05, 0) is 17.9 Å². The molecule has 0 aliphatic heterocycles. The van der Waals surface area contributed by atoms with E-state index in [1.807, 2.05) is 40.2 Å². The highest BCUT2D eigenvalue weighted by Gasteiger charge is 2.14. The number of benzene rings is 1. The minimum atomic E-state index is -0.124. The van der Waals surface area contributed by atoms with Crippen molar-refractivity contribution in [3.63, 3.8) is 0 Å². The second-order valence-corrected chi connectivity index (χ2v) is 9.31. The summed E-state index contributed by atoms with van der Waals surface area (Å²) in [5.41, 5.74) is 2.72. The molecule has 3 aromatic heterocycles. The Morgan fingerprint density at radius 2 is 2.11 bits per heavy atom. The van der Waals surface area contributed by atoms with Gasteiger partial charge in [-0.2, -0.15) is 0 Å². The van der Waals surface area contributed by atoms with Crippen molar-refractivity contribution >= 4 is 62.0 Å². The first-order chi connectivity index (χ1) is 13.1. The number of nitrogens with one attached hydrogen (secondary N) is 1. The molecular formula is C17H14ClN5OS3. The summed E-state index contributed by atoms with van der Waals surface area (Å²) < 4.78 is 2.81. The van der Waals surface area contributed by atoms with E-state index < -0.39 is 0 Å². The van der Waals surface area contributed by atoms with Crippen LogP contribution in [0.1, 0.15) is 12.6 Å². The maximum atomic E-state index is 12.4. The number of thiazole rings is 1. The Bertz CT molecular complexity index is 1090. The summed E-state index contributed by atoms with van der Waals surface area (Å²) in [5, 5.41) is 14.0. The third kappa shape index (κ3) is 4.16. The number of nitrogens with zero attached hydrogens (tertiary/aromatic N) is 4. The molecule has 1 amide bonds. The summed E-state index contributed by atoms with van der Waals surface area (Å²) in [4.78, 5) is 17.9. The second kappa shape index (κ2) is 7.97. The molecule has 0 spiro atoms. The molecule has 4 rings (SSSR count). The molecule has 0 aliphatic rings. The Hall–Kier alpha value is -1.94. The Balaban J connectivity index is 1.49. The Kier molecular flexibility index (Phi) is 5.44. The van der Waals surface area contributed by atoms with Crippen molar-refractivity contribution < 1.29 is 4.79 Å². The van der Waals surface area contributed by atoms with Gasteiger partial charge in [0.1, 0.15) is 0 Å². The third-order valence-corrected chi connectivity index (χ3v) is 6.68. The van der Waals surface area contributed by atoms with Crippen LogP contribution in [0.3, 0.4) is 0 Å². The third-order valence-electron chi connectivity index (χ3n) is 3.69. The van der Waals surface area contributed by atoms with Gasteiger partial charge in [-0.25, -0.2) is 4.98 Å². The molecule has 138 valence electrons. The molecule has 1 aromatic carbocycles. The van der Waals surface area contributed by atoms with E-state index in [2.05, 4.69) is 27.4 Å². The molecule has 0 bridgehead atoms. The average Bonchev–Trinajstić information content (AvgIpc) is 3.34. The van der Waals surface area contributed by atoms with Gasteiger partial charge in [-0.15, -0.1) is 21.5 Å². The van der Waals surface area contributed by atoms with Crippen LogP contribution in [0.5, 0.6) is 0 Å². The standard InChI is InChI=1S/C17H14ClN5OS3/c1-2-25-17-22-21-15(27-17)20-14(24)7-12-9-26-16-19-13(8-23(12)16)10-3-5-11(18)6-4-10/h3-6,8-9H,2,7H2,1H3,(H,20,21,24). The fourth-order valence-electron chi connectivity index (χ4n) is 2.49. The van der Waals surface area contributed by atoms with Crippen molar-refractivity contribution in [2.24, 2.45) is 0 Å².